The molecule has 1 aliphatic heterocycles. The van der Waals surface area contributed by atoms with Crippen molar-refractivity contribution >= 4 is 23.2 Å². The number of guanidine groups is 1. The third-order valence-electron chi connectivity index (χ3n) is 4.68. The molecule has 8 heteroatoms. The lowest BCUT2D eigenvalue weighted by molar-refractivity contribution is -0.136. The zero-order valence-corrected chi connectivity index (χ0v) is 17.9. The Bertz CT molecular complexity index is 802. The molecule has 7 nitrogen and oxygen atoms in total. The lowest BCUT2D eigenvalue weighted by Crippen LogP contribution is -2.47. The number of hydrogen-bond acceptors (Lipinski definition) is 5. The molecule has 1 fully saturated rings. The van der Waals surface area contributed by atoms with Crippen LogP contribution in [0.3, 0.4) is 0 Å². The first kappa shape index (κ1) is 21.3. The fourth-order valence-corrected chi connectivity index (χ4v) is 3.91. The fraction of sp³-hybridized carbons (Fsp3) is 0.476. The molecular weight excluding hydrogens is 386 g/mol. The largest absolute Gasteiger partial charge is 0.378 e. The molecular formula is C21H29N5O2S. The Labute approximate surface area is 176 Å². The minimum atomic E-state index is -0.278. The summed E-state index contributed by atoms with van der Waals surface area (Å²) in [4.78, 5) is 25.3. The van der Waals surface area contributed by atoms with Gasteiger partial charge in [0.2, 0.25) is 5.91 Å². The molecule has 1 amide bonds. The zero-order chi connectivity index (χ0) is 20.5. The van der Waals surface area contributed by atoms with Gasteiger partial charge in [-0.1, -0.05) is 30.3 Å². The van der Waals surface area contributed by atoms with E-state index in [-0.39, 0.29) is 11.8 Å². The summed E-state index contributed by atoms with van der Waals surface area (Å²) in [5, 5.41) is 7.58. The molecule has 0 bridgehead atoms. The van der Waals surface area contributed by atoms with Gasteiger partial charge >= 0.3 is 0 Å². The molecule has 1 aromatic carbocycles. The van der Waals surface area contributed by atoms with Crippen molar-refractivity contribution in [3.05, 3.63) is 52.0 Å². The number of aromatic nitrogens is 1. The Morgan fingerprint density at radius 1 is 1.28 bits per heavy atom. The Morgan fingerprint density at radius 3 is 2.69 bits per heavy atom. The number of carbonyl (C=O) groups excluding carboxylic acids is 1. The number of nitrogens with zero attached hydrogens (tertiary/aromatic N) is 3. The molecule has 1 atom stereocenters. The van der Waals surface area contributed by atoms with E-state index in [4.69, 9.17) is 4.74 Å². The van der Waals surface area contributed by atoms with Gasteiger partial charge in [0, 0.05) is 37.3 Å². The van der Waals surface area contributed by atoms with Gasteiger partial charge in [0.05, 0.1) is 25.7 Å². The monoisotopic (exact) mass is 415 g/mol. The number of benzene rings is 1. The molecule has 2 N–H and O–H groups in total. The number of ether oxygens (including phenoxy) is 1. The van der Waals surface area contributed by atoms with Crippen LogP contribution in [0.2, 0.25) is 0 Å². The smallest absolute Gasteiger partial charge is 0.232 e. The molecule has 2 heterocycles. The van der Waals surface area contributed by atoms with Gasteiger partial charge in [-0.2, -0.15) is 0 Å². The minimum Gasteiger partial charge on any atom is -0.378 e. The molecule has 2 aromatic rings. The Balaban J connectivity index is 1.70. The Kier molecular flexibility index (Phi) is 8.01. The van der Waals surface area contributed by atoms with Crippen molar-refractivity contribution < 1.29 is 9.53 Å². The predicted octanol–water partition coefficient (Wildman–Crippen LogP) is 2.15. The van der Waals surface area contributed by atoms with Crippen molar-refractivity contribution in [1.29, 1.82) is 0 Å². The van der Waals surface area contributed by atoms with Crippen molar-refractivity contribution in [3.8, 4) is 0 Å². The van der Waals surface area contributed by atoms with Crippen LogP contribution < -0.4 is 10.6 Å². The minimum absolute atomic E-state index is 0.124. The van der Waals surface area contributed by atoms with Gasteiger partial charge in [0.1, 0.15) is 5.01 Å². The van der Waals surface area contributed by atoms with Crippen LogP contribution in [0.15, 0.2) is 41.5 Å². The van der Waals surface area contributed by atoms with Gasteiger partial charge in [-0.25, -0.2) is 9.98 Å². The summed E-state index contributed by atoms with van der Waals surface area (Å²) in [7, 11) is 0. The van der Waals surface area contributed by atoms with E-state index in [1.165, 1.54) is 4.88 Å². The van der Waals surface area contributed by atoms with E-state index in [0.29, 0.717) is 45.4 Å². The molecule has 0 aliphatic carbocycles. The number of aryl methyl sites for hydroxylation is 1. The van der Waals surface area contributed by atoms with Gasteiger partial charge in [-0.15, -0.1) is 11.3 Å². The van der Waals surface area contributed by atoms with E-state index in [2.05, 4.69) is 20.6 Å². The third kappa shape index (κ3) is 6.27. The summed E-state index contributed by atoms with van der Waals surface area (Å²) in [5.74, 6) is 0.537. The van der Waals surface area contributed by atoms with Crippen LogP contribution in [0, 0.1) is 6.92 Å². The van der Waals surface area contributed by atoms with Gasteiger partial charge < -0.3 is 20.3 Å². The second-order valence-corrected chi connectivity index (χ2v) is 8.16. The second-order valence-electron chi connectivity index (χ2n) is 6.84. The highest BCUT2D eigenvalue weighted by Gasteiger charge is 2.27. The first-order chi connectivity index (χ1) is 14.2. The van der Waals surface area contributed by atoms with E-state index in [9.17, 15) is 4.79 Å². The first-order valence-corrected chi connectivity index (χ1v) is 10.8. The van der Waals surface area contributed by atoms with Gasteiger partial charge in [0.25, 0.3) is 0 Å². The maximum absolute atomic E-state index is 13.2. The normalized spacial score (nSPS) is 15.8. The van der Waals surface area contributed by atoms with Gasteiger partial charge in [-0.05, 0) is 19.4 Å². The van der Waals surface area contributed by atoms with Crippen LogP contribution in [0.4, 0.5) is 0 Å². The van der Waals surface area contributed by atoms with Gasteiger partial charge in [0.15, 0.2) is 5.96 Å². The van der Waals surface area contributed by atoms with Crippen LogP contribution in [0.1, 0.15) is 28.3 Å². The van der Waals surface area contributed by atoms with Crippen molar-refractivity contribution in [1.82, 2.24) is 20.5 Å². The summed E-state index contributed by atoms with van der Waals surface area (Å²) in [6.07, 6.45) is 1.86. The summed E-state index contributed by atoms with van der Waals surface area (Å²) < 4.78 is 5.40. The average molecular weight is 416 g/mol. The summed E-state index contributed by atoms with van der Waals surface area (Å²) in [6.45, 7) is 8.27. The Hall–Kier alpha value is -2.45. The summed E-state index contributed by atoms with van der Waals surface area (Å²) >= 11 is 1.65. The molecule has 0 spiro atoms. The maximum Gasteiger partial charge on any atom is 0.232 e. The molecule has 1 unspecified atom stereocenters. The van der Waals surface area contributed by atoms with Crippen LogP contribution in [-0.2, 0) is 16.1 Å². The molecule has 1 aliphatic rings. The first-order valence-electron chi connectivity index (χ1n) is 10.0. The topological polar surface area (TPSA) is 78.8 Å². The SMILES string of the molecule is CCNC(=NCc1ncc(C)s1)NCC(C(=O)N1CCOCC1)c1ccccc1. The molecule has 29 heavy (non-hydrogen) atoms. The number of rotatable bonds is 7. The number of hydrogen-bond donors (Lipinski definition) is 2. The number of carbonyl (C=O) groups is 1. The van der Waals surface area contributed by atoms with E-state index < -0.39 is 0 Å². The quantitative estimate of drug-likeness (QED) is 0.535. The molecule has 0 saturated carbocycles. The highest BCUT2D eigenvalue weighted by Crippen LogP contribution is 2.19. The zero-order valence-electron chi connectivity index (χ0n) is 17.1. The highest BCUT2D eigenvalue weighted by atomic mass is 32.1. The van der Waals surface area contributed by atoms with E-state index >= 15 is 0 Å². The van der Waals surface area contributed by atoms with Crippen molar-refractivity contribution in [2.75, 3.05) is 39.4 Å². The van der Waals surface area contributed by atoms with Crippen molar-refractivity contribution in [3.63, 3.8) is 0 Å². The van der Waals surface area contributed by atoms with Crippen LogP contribution >= 0.6 is 11.3 Å². The third-order valence-corrected chi connectivity index (χ3v) is 5.58. The Morgan fingerprint density at radius 2 is 2.03 bits per heavy atom. The number of aliphatic imine (C=N–C) groups is 1. The maximum atomic E-state index is 13.2. The van der Waals surface area contributed by atoms with Gasteiger partial charge in [-0.3, -0.25) is 4.79 Å². The lowest BCUT2D eigenvalue weighted by atomic mass is 9.97. The number of nitrogens with one attached hydrogen (secondary N) is 2. The predicted molar refractivity (Wildman–Crippen MR) is 116 cm³/mol. The lowest BCUT2D eigenvalue weighted by Gasteiger charge is -2.31. The molecule has 1 aromatic heterocycles. The van der Waals surface area contributed by atoms with Crippen molar-refractivity contribution in [2.45, 2.75) is 26.3 Å². The van der Waals surface area contributed by atoms with E-state index in [1.807, 2.05) is 55.3 Å². The second kappa shape index (κ2) is 10.9. The van der Waals surface area contributed by atoms with Crippen LogP contribution in [-0.4, -0.2) is 61.1 Å². The molecule has 3 rings (SSSR count). The fourth-order valence-electron chi connectivity index (χ4n) is 3.20. The number of amides is 1. The van der Waals surface area contributed by atoms with Crippen LogP contribution in [0.5, 0.6) is 0 Å². The molecule has 0 radical (unpaired) electrons. The standard InChI is InChI=1S/C21H29N5O2S/c1-3-22-21(25-15-19-23-13-16(2)29-19)24-14-18(17-7-5-4-6-8-17)20(27)26-9-11-28-12-10-26/h4-8,13,18H,3,9-12,14-15H2,1-2H3,(H2,22,24,25). The highest BCUT2D eigenvalue weighted by molar-refractivity contribution is 7.11. The van der Waals surface area contributed by atoms with E-state index in [1.54, 1.807) is 11.3 Å². The van der Waals surface area contributed by atoms with E-state index in [0.717, 1.165) is 17.1 Å². The van der Waals surface area contributed by atoms with Crippen molar-refractivity contribution in [2.24, 2.45) is 4.99 Å². The number of morpholine rings is 1. The summed E-state index contributed by atoms with van der Waals surface area (Å²) in [5.41, 5.74) is 1.00. The average Bonchev–Trinajstić information content (AvgIpc) is 3.18. The summed E-state index contributed by atoms with van der Waals surface area (Å²) in [6, 6.07) is 9.92. The number of thiazole rings is 1. The van der Waals surface area contributed by atoms with Crippen LogP contribution in [0.25, 0.3) is 0 Å². The molecule has 1 saturated heterocycles. The molecule has 156 valence electrons.